The number of ether oxygens (including phenoxy) is 1. The molecule has 0 saturated carbocycles. The zero-order valence-electron chi connectivity index (χ0n) is 13.3. The summed E-state index contributed by atoms with van der Waals surface area (Å²) in [5.41, 5.74) is 0.976. The molecule has 1 aromatic rings. The summed E-state index contributed by atoms with van der Waals surface area (Å²) in [4.78, 5) is 16.4. The third kappa shape index (κ3) is 4.28. The van der Waals surface area contributed by atoms with Crippen molar-refractivity contribution in [1.29, 1.82) is 0 Å². The largest absolute Gasteiger partial charge is 0.377 e. The Labute approximate surface area is 126 Å². The number of carbonyl (C=O) groups is 1. The summed E-state index contributed by atoms with van der Waals surface area (Å²) in [6.07, 6.45) is 6.72. The van der Waals surface area contributed by atoms with Crippen LogP contribution in [-0.2, 0) is 16.0 Å². The number of aryl methyl sites for hydroxylation is 1. The van der Waals surface area contributed by atoms with Gasteiger partial charge in [-0.15, -0.1) is 0 Å². The van der Waals surface area contributed by atoms with Crippen molar-refractivity contribution in [2.75, 3.05) is 40.8 Å². The quantitative estimate of drug-likeness (QED) is 0.847. The van der Waals surface area contributed by atoms with E-state index in [2.05, 4.69) is 29.2 Å². The minimum absolute atomic E-state index is 0.106. The first kappa shape index (κ1) is 16.0. The van der Waals surface area contributed by atoms with Gasteiger partial charge in [0.05, 0.1) is 11.8 Å². The molecule has 21 heavy (non-hydrogen) atoms. The Kier molecular flexibility index (Phi) is 5.36. The summed E-state index contributed by atoms with van der Waals surface area (Å²) in [5, 5.41) is 6.67. The normalized spacial score (nSPS) is 18.2. The lowest BCUT2D eigenvalue weighted by Gasteiger charge is -2.42. The van der Waals surface area contributed by atoms with E-state index in [-0.39, 0.29) is 11.5 Å². The first-order valence-electron chi connectivity index (χ1n) is 7.50. The van der Waals surface area contributed by atoms with Gasteiger partial charge in [0.2, 0.25) is 5.91 Å². The molecule has 0 spiro atoms. The fourth-order valence-electron chi connectivity index (χ4n) is 2.99. The van der Waals surface area contributed by atoms with E-state index in [1.807, 2.05) is 11.1 Å². The van der Waals surface area contributed by atoms with Gasteiger partial charge >= 0.3 is 0 Å². The van der Waals surface area contributed by atoms with E-state index in [1.165, 1.54) is 0 Å². The number of amides is 1. The van der Waals surface area contributed by atoms with Crippen LogP contribution in [0.2, 0.25) is 0 Å². The minimum atomic E-state index is -0.106. The molecule has 1 fully saturated rings. The highest BCUT2D eigenvalue weighted by Gasteiger charge is 2.36. The highest BCUT2D eigenvalue weighted by Crippen LogP contribution is 2.26. The van der Waals surface area contributed by atoms with Gasteiger partial charge in [-0.25, -0.2) is 0 Å². The molecule has 1 amide bonds. The lowest BCUT2D eigenvalue weighted by molar-refractivity contribution is -0.137. The molecule has 118 valence electrons. The zero-order valence-corrected chi connectivity index (χ0v) is 13.3. The maximum absolute atomic E-state index is 12.3. The van der Waals surface area contributed by atoms with E-state index >= 15 is 0 Å². The van der Waals surface area contributed by atoms with Gasteiger partial charge in [0.1, 0.15) is 0 Å². The Hall–Kier alpha value is -1.40. The molecule has 1 N–H and O–H groups in total. The molecule has 0 radical (unpaired) electrons. The maximum atomic E-state index is 12.3. The zero-order chi connectivity index (χ0) is 15.3. The number of hydrogen-bond acceptors (Lipinski definition) is 4. The summed E-state index contributed by atoms with van der Waals surface area (Å²) < 4.78 is 5.74. The number of aromatic amines is 1. The lowest BCUT2D eigenvalue weighted by Crippen LogP contribution is -2.52. The predicted molar refractivity (Wildman–Crippen MR) is 81.0 cm³/mol. The van der Waals surface area contributed by atoms with Crippen molar-refractivity contribution < 1.29 is 9.53 Å². The molecule has 0 bridgehead atoms. The number of hydrogen-bond donors (Lipinski definition) is 1. The van der Waals surface area contributed by atoms with Gasteiger partial charge in [-0.2, -0.15) is 5.10 Å². The molecule has 1 aliphatic heterocycles. The van der Waals surface area contributed by atoms with Gasteiger partial charge in [-0.05, 0) is 38.9 Å². The van der Waals surface area contributed by atoms with Crippen molar-refractivity contribution in [3.8, 4) is 0 Å². The van der Waals surface area contributed by atoms with E-state index in [0.29, 0.717) is 6.42 Å². The third-order valence-corrected chi connectivity index (χ3v) is 4.25. The molecule has 6 nitrogen and oxygen atoms in total. The molecule has 6 heteroatoms. The number of methoxy groups -OCH3 is 1. The van der Waals surface area contributed by atoms with Crippen molar-refractivity contribution in [2.45, 2.75) is 31.3 Å². The highest BCUT2D eigenvalue weighted by molar-refractivity contribution is 5.76. The summed E-state index contributed by atoms with van der Waals surface area (Å²) in [6.45, 7) is 2.47. The van der Waals surface area contributed by atoms with E-state index < -0.39 is 0 Å². The number of aromatic nitrogens is 2. The van der Waals surface area contributed by atoms with Crippen molar-refractivity contribution >= 4 is 5.91 Å². The first-order chi connectivity index (χ1) is 10.0. The topological polar surface area (TPSA) is 61.5 Å². The fraction of sp³-hybridized carbons (Fsp3) is 0.733. The van der Waals surface area contributed by atoms with Crippen LogP contribution in [0, 0.1) is 0 Å². The Morgan fingerprint density at radius 2 is 2.19 bits per heavy atom. The number of likely N-dealkylation sites (tertiary alicyclic amines) is 1. The summed E-state index contributed by atoms with van der Waals surface area (Å²) in [5.74, 6) is 0.228. The fourth-order valence-corrected chi connectivity index (χ4v) is 2.99. The third-order valence-electron chi connectivity index (χ3n) is 4.25. The number of H-pyrrole nitrogens is 1. The van der Waals surface area contributed by atoms with Crippen LogP contribution in [0.25, 0.3) is 0 Å². The van der Waals surface area contributed by atoms with Gasteiger partial charge in [0, 0.05) is 39.4 Å². The monoisotopic (exact) mass is 294 g/mol. The molecule has 2 heterocycles. The molecular formula is C15H26N4O2. The van der Waals surface area contributed by atoms with Crippen molar-refractivity contribution in [2.24, 2.45) is 0 Å². The van der Waals surface area contributed by atoms with Crippen LogP contribution in [0.5, 0.6) is 0 Å². The highest BCUT2D eigenvalue weighted by atomic mass is 16.5. The molecular weight excluding hydrogens is 268 g/mol. The number of nitrogens with zero attached hydrogens (tertiary/aromatic N) is 3. The van der Waals surface area contributed by atoms with Gasteiger partial charge in [-0.1, -0.05) is 0 Å². The number of nitrogens with one attached hydrogen (secondary N) is 1. The van der Waals surface area contributed by atoms with Crippen LogP contribution >= 0.6 is 0 Å². The van der Waals surface area contributed by atoms with Crippen LogP contribution in [0.4, 0.5) is 0 Å². The smallest absolute Gasteiger partial charge is 0.222 e. The average Bonchev–Trinajstić information content (AvgIpc) is 2.98. The average molecular weight is 294 g/mol. The molecule has 0 aromatic carbocycles. The molecule has 0 unspecified atom stereocenters. The SMILES string of the molecule is COC1(CN(C)C)CCN(C(=O)CCc2cn[nH]c2)CC1. The van der Waals surface area contributed by atoms with Gasteiger partial charge in [0.25, 0.3) is 0 Å². The second kappa shape index (κ2) is 7.04. The Morgan fingerprint density at radius 1 is 1.48 bits per heavy atom. The second-order valence-corrected chi connectivity index (χ2v) is 6.11. The Bertz CT molecular complexity index is 437. The molecule has 0 atom stereocenters. The lowest BCUT2D eigenvalue weighted by atomic mass is 9.90. The molecule has 1 aliphatic rings. The van der Waals surface area contributed by atoms with Crippen molar-refractivity contribution in [3.63, 3.8) is 0 Å². The summed E-state index contributed by atoms with van der Waals surface area (Å²) >= 11 is 0. The molecule has 0 aliphatic carbocycles. The van der Waals surface area contributed by atoms with Gasteiger partial charge in [0.15, 0.2) is 0 Å². The summed E-state index contributed by atoms with van der Waals surface area (Å²) in [7, 11) is 5.90. The van der Waals surface area contributed by atoms with Crippen LogP contribution in [-0.4, -0.2) is 72.3 Å². The minimum Gasteiger partial charge on any atom is -0.377 e. The van der Waals surface area contributed by atoms with Crippen LogP contribution < -0.4 is 0 Å². The second-order valence-electron chi connectivity index (χ2n) is 6.11. The van der Waals surface area contributed by atoms with Gasteiger partial charge in [-0.3, -0.25) is 9.89 Å². The number of carbonyl (C=O) groups excluding carboxylic acids is 1. The first-order valence-corrected chi connectivity index (χ1v) is 7.50. The molecule has 1 aromatic heterocycles. The standard InChI is InChI=1S/C15H26N4O2/c1-18(2)12-15(21-3)6-8-19(9-7-15)14(20)5-4-13-10-16-17-11-13/h10-11H,4-9,12H2,1-3H3,(H,16,17). The van der Waals surface area contributed by atoms with Crippen LogP contribution in [0.3, 0.4) is 0 Å². The Balaban J connectivity index is 1.81. The van der Waals surface area contributed by atoms with E-state index in [0.717, 1.165) is 44.5 Å². The number of rotatable bonds is 6. The maximum Gasteiger partial charge on any atom is 0.222 e. The van der Waals surface area contributed by atoms with E-state index in [1.54, 1.807) is 13.3 Å². The molecule has 1 saturated heterocycles. The van der Waals surface area contributed by atoms with Crippen molar-refractivity contribution in [1.82, 2.24) is 20.0 Å². The van der Waals surface area contributed by atoms with Crippen LogP contribution in [0.15, 0.2) is 12.4 Å². The molecule has 2 rings (SSSR count). The van der Waals surface area contributed by atoms with Gasteiger partial charge < -0.3 is 14.5 Å². The van der Waals surface area contributed by atoms with Crippen LogP contribution in [0.1, 0.15) is 24.8 Å². The number of piperidine rings is 1. The van der Waals surface area contributed by atoms with Crippen molar-refractivity contribution in [3.05, 3.63) is 18.0 Å². The van der Waals surface area contributed by atoms with E-state index in [4.69, 9.17) is 4.74 Å². The Morgan fingerprint density at radius 3 is 2.71 bits per heavy atom. The number of likely N-dealkylation sites (N-methyl/N-ethyl adjacent to an activating group) is 1. The van der Waals surface area contributed by atoms with E-state index in [9.17, 15) is 4.79 Å². The summed E-state index contributed by atoms with van der Waals surface area (Å²) in [6, 6.07) is 0. The predicted octanol–water partition coefficient (Wildman–Crippen LogP) is 0.912.